The molecule has 1 unspecified atom stereocenters. The van der Waals surface area contributed by atoms with E-state index < -0.39 is 17.4 Å². The second-order valence-electron chi connectivity index (χ2n) is 5.86. The number of halogens is 1. The molecule has 0 saturated heterocycles. The predicted octanol–water partition coefficient (Wildman–Crippen LogP) is 3.61. The van der Waals surface area contributed by atoms with Crippen LogP contribution in [0.15, 0.2) is 18.2 Å². The van der Waals surface area contributed by atoms with E-state index in [1.165, 1.54) is 20.3 Å². The predicted molar refractivity (Wildman–Crippen MR) is 102 cm³/mol. The van der Waals surface area contributed by atoms with E-state index >= 15 is 0 Å². The molecule has 1 N–H and O–H groups in total. The Balaban J connectivity index is 2.98. The Morgan fingerprint density at radius 3 is 2.50 bits per heavy atom. The van der Waals surface area contributed by atoms with Crippen LogP contribution in [0.2, 0.25) is 5.02 Å². The molecule has 144 valence electrons. The summed E-state index contributed by atoms with van der Waals surface area (Å²) in [5.41, 5.74) is -0.399. The fourth-order valence-corrected chi connectivity index (χ4v) is 2.87. The van der Waals surface area contributed by atoms with Gasteiger partial charge in [-0.2, -0.15) is 0 Å². The summed E-state index contributed by atoms with van der Waals surface area (Å²) in [5, 5.41) is 3.08. The first kappa shape index (κ1) is 21.8. The van der Waals surface area contributed by atoms with Crippen LogP contribution in [0.1, 0.15) is 39.2 Å². The molecule has 0 aromatic heterocycles. The van der Waals surface area contributed by atoms with E-state index in [9.17, 15) is 9.59 Å². The van der Waals surface area contributed by atoms with Gasteiger partial charge in [-0.05, 0) is 44.0 Å². The molecule has 7 heteroatoms. The van der Waals surface area contributed by atoms with E-state index in [-0.39, 0.29) is 0 Å². The van der Waals surface area contributed by atoms with Crippen LogP contribution in [0.5, 0.6) is 11.5 Å². The standard InChI is InChI=1S/C19H26ClNO5/c1-6-10-19(3,18(23)25-5)21-16(22)9-8-13-11-14(20)17(24-4)15(12-13)26-7-2/h8-9,11-12H,6-7,10H2,1-5H3,(H,21,22)/b9-8+. The minimum Gasteiger partial charge on any atom is -0.491 e. The molecule has 0 aliphatic carbocycles. The van der Waals surface area contributed by atoms with Crippen molar-refractivity contribution in [3.63, 3.8) is 0 Å². The van der Waals surface area contributed by atoms with Crippen molar-refractivity contribution in [1.82, 2.24) is 5.32 Å². The third-order valence-electron chi connectivity index (χ3n) is 3.75. The number of carbonyl (C=O) groups excluding carboxylic acids is 2. The zero-order chi connectivity index (χ0) is 19.7. The highest BCUT2D eigenvalue weighted by molar-refractivity contribution is 6.32. The number of hydrogen-bond acceptors (Lipinski definition) is 5. The molecule has 6 nitrogen and oxygen atoms in total. The van der Waals surface area contributed by atoms with Crippen LogP contribution >= 0.6 is 11.6 Å². The largest absolute Gasteiger partial charge is 0.491 e. The number of benzene rings is 1. The van der Waals surface area contributed by atoms with Gasteiger partial charge in [-0.1, -0.05) is 24.9 Å². The van der Waals surface area contributed by atoms with Gasteiger partial charge >= 0.3 is 5.97 Å². The van der Waals surface area contributed by atoms with Crippen LogP contribution in [-0.4, -0.2) is 38.2 Å². The Bertz CT molecular complexity index is 674. The van der Waals surface area contributed by atoms with Crippen molar-refractivity contribution >= 4 is 29.6 Å². The van der Waals surface area contributed by atoms with Crippen LogP contribution < -0.4 is 14.8 Å². The summed E-state index contributed by atoms with van der Waals surface area (Å²) in [6.07, 6.45) is 4.13. The molecule has 0 bridgehead atoms. The maximum absolute atomic E-state index is 12.3. The lowest BCUT2D eigenvalue weighted by Crippen LogP contribution is -2.52. The molecule has 0 radical (unpaired) electrons. The van der Waals surface area contributed by atoms with E-state index in [0.29, 0.717) is 35.1 Å². The van der Waals surface area contributed by atoms with Crippen LogP contribution in [0.3, 0.4) is 0 Å². The van der Waals surface area contributed by atoms with Crippen molar-refractivity contribution in [3.05, 3.63) is 28.8 Å². The van der Waals surface area contributed by atoms with Crippen molar-refractivity contribution < 1.29 is 23.8 Å². The van der Waals surface area contributed by atoms with Crippen molar-refractivity contribution in [1.29, 1.82) is 0 Å². The maximum atomic E-state index is 12.3. The summed E-state index contributed by atoms with van der Waals surface area (Å²) < 4.78 is 15.5. The Morgan fingerprint density at radius 1 is 1.27 bits per heavy atom. The molecule has 0 fully saturated rings. The molecular weight excluding hydrogens is 358 g/mol. The summed E-state index contributed by atoms with van der Waals surface area (Å²) in [7, 11) is 2.81. The fraction of sp³-hybridized carbons (Fsp3) is 0.474. The molecule has 1 rings (SSSR count). The molecule has 0 heterocycles. The summed E-state index contributed by atoms with van der Waals surface area (Å²) in [6.45, 7) is 5.88. The van der Waals surface area contributed by atoms with Gasteiger partial charge in [-0.3, -0.25) is 4.79 Å². The lowest BCUT2D eigenvalue weighted by atomic mass is 9.96. The van der Waals surface area contributed by atoms with Crippen LogP contribution in [0.25, 0.3) is 6.08 Å². The van der Waals surface area contributed by atoms with Gasteiger partial charge in [0.2, 0.25) is 5.91 Å². The molecule has 0 saturated carbocycles. The molecular formula is C19H26ClNO5. The zero-order valence-electron chi connectivity index (χ0n) is 15.8. The second kappa shape index (κ2) is 10.1. The maximum Gasteiger partial charge on any atom is 0.331 e. The second-order valence-corrected chi connectivity index (χ2v) is 6.27. The van der Waals surface area contributed by atoms with E-state index in [2.05, 4.69) is 5.32 Å². The summed E-state index contributed by atoms with van der Waals surface area (Å²) in [5.74, 6) is 0.0488. The molecule has 1 aromatic carbocycles. The van der Waals surface area contributed by atoms with E-state index in [0.717, 1.165) is 6.42 Å². The molecule has 1 aromatic rings. The number of hydrogen-bond donors (Lipinski definition) is 1. The third kappa shape index (κ3) is 5.66. The van der Waals surface area contributed by atoms with Crippen molar-refractivity contribution in [2.45, 2.75) is 39.2 Å². The van der Waals surface area contributed by atoms with Crippen LogP contribution in [0, 0.1) is 0 Å². The van der Waals surface area contributed by atoms with Gasteiger partial charge in [0.25, 0.3) is 0 Å². The fourth-order valence-electron chi connectivity index (χ4n) is 2.57. The van der Waals surface area contributed by atoms with Crippen molar-refractivity contribution in [2.75, 3.05) is 20.8 Å². The Labute approximate surface area is 159 Å². The highest BCUT2D eigenvalue weighted by Gasteiger charge is 2.34. The average Bonchev–Trinajstić information content (AvgIpc) is 2.59. The van der Waals surface area contributed by atoms with Crippen molar-refractivity contribution in [2.24, 2.45) is 0 Å². The van der Waals surface area contributed by atoms with Gasteiger partial charge in [0.1, 0.15) is 5.54 Å². The van der Waals surface area contributed by atoms with Crippen LogP contribution in [-0.2, 0) is 14.3 Å². The van der Waals surface area contributed by atoms with Crippen molar-refractivity contribution in [3.8, 4) is 11.5 Å². The monoisotopic (exact) mass is 383 g/mol. The lowest BCUT2D eigenvalue weighted by Gasteiger charge is -2.26. The summed E-state index contributed by atoms with van der Waals surface area (Å²) >= 11 is 6.19. The number of esters is 1. The number of methoxy groups -OCH3 is 2. The van der Waals surface area contributed by atoms with Gasteiger partial charge in [0, 0.05) is 6.08 Å². The highest BCUT2D eigenvalue weighted by Crippen LogP contribution is 2.36. The van der Waals surface area contributed by atoms with Gasteiger partial charge in [-0.15, -0.1) is 0 Å². The van der Waals surface area contributed by atoms with E-state index in [4.69, 9.17) is 25.8 Å². The average molecular weight is 384 g/mol. The quantitative estimate of drug-likeness (QED) is 0.521. The number of rotatable bonds is 9. The number of carbonyl (C=O) groups is 2. The smallest absolute Gasteiger partial charge is 0.331 e. The third-order valence-corrected chi connectivity index (χ3v) is 4.03. The SMILES string of the molecule is CCCC(C)(NC(=O)/C=C/c1cc(Cl)c(OC)c(OCC)c1)C(=O)OC. The topological polar surface area (TPSA) is 73.9 Å². The summed E-state index contributed by atoms with van der Waals surface area (Å²) in [6, 6.07) is 3.39. The van der Waals surface area contributed by atoms with E-state index in [1.807, 2.05) is 13.8 Å². The normalized spacial score (nSPS) is 13.2. The van der Waals surface area contributed by atoms with Gasteiger partial charge in [-0.25, -0.2) is 4.79 Å². The Morgan fingerprint density at radius 2 is 1.96 bits per heavy atom. The molecule has 26 heavy (non-hydrogen) atoms. The minimum absolute atomic E-state index is 0.379. The molecule has 0 aliphatic rings. The first-order valence-electron chi connectivity index (χ1n) is 8.40. The number of amides is 1. The minimum atomic E-state index is -1.07. The number of ether oxygens (including phenoxy) is 3. The van der Waals surface area contributed by atoms with Gasteiger partial charge < -0.3 is 19.5 Å². The highest BCUT2D eigenvalue weighted by atomic mass is 35.5. The molecule has 0 aliphatic heterocycles. The summed E-state index contributed by atoms with van der Waals surface area (Å²) in [4.78, 5) is 24.2. The Kier molecular flexibility index (Phi) is 8.45. The number of nitrogens with one attached hydrogen (secondary N) is 1. The van der Waals surface area contributed by atoms with Crippen LogP contribution in [0.4, 0.5) is 0 Å². The first-order valence-corrected chi connectivity index (χ1v) is 8.78. The lowest BCUT2D eigenvalue weighted by molar-refractivity contribution is -0.150. The van der Waals surface area contributed by atoms with Gasteiger partial charge in [0.15, 0.2) is 11.5 Å². The zero-order valence-corrected chi connectivity index (χ0v) is 16.6. The Hall–Kier alpha value is -2.21. The molecule has 1 amide bonds. The van der Waals surface area contributed by atoms with E-state index in [1.54, 1.807) is 25.1 Å². The first-order chi connectivity index (χ1) is 12.3. The molecule has 0 spiro atoms. The van der Waals surface area contributed by atoms with Gasteiger partial charge in [0.05, 0.1) is 25.8 Å². The molecule has 1 atom stereocenters.